The van der Waals surface area contributed by atoms with Crippen molar-refractivity contribution in [3.8, 4) is 0 Å². The van der Waals surface area contributed by atoms with Crippen LogP contribution in [0.1, 0.15) is 31.7 Å². The normalized spacial score (nSPS) is 16.9. The number of aryl methyl sites for hydroxylation is 1. The number of amides is 3. The number of carbonyl (C=O) groups is 2. The number of nitrogens with zero attached hydrogens (tertiary/aromatic N) is 1. The Labute approximate surface area is 147 Å². The number of anilines is 1. The molecule has 0 spiro atoms. The van der Waals surface area contributed by atoms with Crippen LogP contribution in [0.25, 0.3) is 0 Å². The first-order valence-corrected chi connectivity index (χ1v) is 9.63. The highest BCUT2D eigenvalue weighted by Crippen LogP contribution is 2.26. The van der Waals surface area contributed by atoms with Gasteiger partial charge in [0.2, 0.25) is 15.9 Å². The van der Waals surface area contributed by atoms with E-state index in [1.165, 1.54) is 17.3 Å². The third-order valence-corrected chi connectivity index (χ3v) is 6.18. The summed E-state index contributed by atoms with van der Waals surface area (Å²) in [6.07, 6.45) is 2.74. The van der Waals surface area contributed by atoms with E-state index in [1.807, 2.05) is 0 Å². The van der Waals surface area contributed by atoms with E-state index in [2.05, 4.69) is 10.6 Å². The van der Waals surface area contributed by atoms with E-state index in [-0.39, 0.29) is 4.90 Å². The van der Waals surface area contributed by atoms with Crippen molar-refractivity contribution in [2.75, 3.05) is 18.4 Å². The first kappa shape index (κ1) is 19.2. The molecule has 1 atom stereocenters. The van der Waals surface area contributed by atoms with Gasteiger partial charge in [0.25, 0.3) is 0 Å². The van der Waals surface area contributed by atoms with Gasteiger partial charge in [-0.05, 0) is 44.4 Å². The van der Waals surface area contributed by atoms with Gasteiger partial charge in [0.15, 0.2) is 0 Å². The number of nitrogens with two attached hydrogens (primary N) is 1. The summed E-state index contributed by atoms with van der Waals surface area (Å²) in [5.74, 6) is -0.482. The number of urea groups is 1. The van der Waals surface area contributed by atoms with Crippen molar-refractivity contribution in [3.05, 3.63) is 23.8 Å². The molecule has 4 N–H and O–H groups in total. The minimum absolute atomic E-state index is 0.183. The molecule has 1 aliphatic heterocycles. The zero-order valence-electron chi connectivity index (χ0n) is 14.4. The van der Waals surface area contributed by atoms with Crippen LogP contribution in [0, 0.1) is 6.92 Å². The monoisotopic (exact) mass is 368 g/mol. The maximum Gasteiger partial charge on any atom is 0.312 e. The van der Waals surface area contributed by atoms with E-state index in [4.69, 9.17) is 5.73 Å². The Morgan fingerprint density at radius 3 is 2.44 bits per heavy atom. The summed E-state index contributed by atoms with van der Waals surface area (Å²) in [5, 5.41) is 4.87. The maximum atomic E-state index is 12.9. The largest absolute Gasteiger partial charge is 0.352 e. The molecular formula is C16H24N4O4S. The van der Waals surface area contributed by atoms with Crippen LogP contribution in [0.3, 0.4) is 0 Å². The van der Waals surface area contributed by atoms with E-state index < -0.39 is 28.0 Å². The van der Waals surface area contributed by atoms with Gasteiger partial charge in [-0.3, -0.25) is 4.79 Å². The summed E-state index contributed by atoms with van der Waals surface area (Å²) in [6.45, 7) is 4.23. The average molecular weight is 368 g/mol. The Hall–Kier alpha value is -2.13. The Bertz CT molecular complexity index is 757. The van der Waals surface area contributed by atoms with Crippen LogP contribution in [0.4, 0.5) is 10.5 Å². The van der Waals surface area contributed by atoms with E-state index in [9.17, 15) is 18.0 Å². The second-order valence-corrected chi connectivity index (χ2v) is 8.07. The number of hydrogen-bond acceptors (Lipinski definition) is 4. The fraction of sp³-hybridized carbons (Fsp3) is 0.500. The summed E-state index contributed by atoms with van der Waals surface area (Å²) in [7, 11) is -3.60. The zero-order valence-corrected chi connectivity index (χ0v) is 15.2. The van der Waals surface area contributed by atoms with Gasteiger partial charge in [-0.15, -0.1) is 0 Å². The van der Waals surface area contributed by atoms with Crippen molar-refractivity contribution in [1.29, 1.82) is 0 Å². The molecule has 1 unspecified atom stereocenters. The molecule has 0 radical (unpaired) electrons. The van der Waals surface area contributed by atoms with Crippen LogP contribution in [-0.2, 0) is 14.8 Å². The van der Waals surface area contributed by atoms with Crippen LogP contribution in [0.5, 0.6) is 0 Å². The molecule has 0 aromatic heterocycles. The summed E-state index contributed by atoms with van der Waals surface area (Å²) in [5.41, 5.74) is 5.96. The fourth-order valence-electron chi connectivity index (χ4n) is 2.73. The van der Waals surface area contributed by atoms with Crippen LogP contribution < -0.4 is 16.4 Å². The van der Waals surface area contributed by atoms with Crippen LogP contribution >= 0.6 is 0 Å². The lowest BCUT2D eigenvalue weighted by molar-refractivity contribution is -0.117. The lowest BCUT2D eigenvalue weighted by atomic mass is 10.2. The molecule has 3 amide bonds. The van der Waals surface area contributed by atoms with Crippen molar-refractivity contribution in [1.82, 2.24) is 9.62 Å². The average Bonchev–Trinajstić information content (AvgIpc) is 2.56. The molecule has 1 saturated heterocycles. The van der Waals surface area contributed by atoms with Gasteiger partial charge in [0.1, 0.15) is 6.04 Å². The molecule has 2 rings (SSSR count). The highest BCUT2D eigenvalue weighted by molar-refractivity contribution is 7.89. The molecular weight excluding hydrogens is 344 g/mol. The smallest absolute Gasteiger partial charge is 0.312 e. The lowest BCUT2D eigenvalue weighted by Crippen LogP contribution is -2.44. The van der Waals surface area contributed by atoms with Gasteiger partial charge in [0, 0.05) is 18.8 Å². The summed E-state index contributed by atoms with van der Waals surface area (Å²) >= 11 is 0. The van der Waals surface area contributed by atoms with Gasteiger partial charge in [-0.25, -0.2) is 13.2 Å². The number of sulfonamides is 1. The SMILES string of the molecule is Cc1ccc(NC(=O)C(C)NC(N)=O)cc1S(=O)(=O)N1CCCCC1. The standard InChI is InChI=1S/C16H24N4O4S/c1-11-6-7-13(19-15(21)12(2)18-16(17)22)10-14(11)25(23,24)20-8-4-3-5-9-20/h6-7,10,12H,3-5,8-9H2,1-2H3,(H,19,21)(H3,17,18,22). The van der Waals surface area contributed by atoms with E-state index >= 15 is 0 Å². The van der Waals surface area contributed by atoms with E-state index in [0.717, 1.165) is 19.3 Å². The van der Waals surface area contributed by atoms with Gasteiger partial charge >= 0.3 is 6.03 Å². The highest BCUT2D eigenvalue weighted by atomic mass is 32.2. The Kier molecular flexibility index (Phi) is 6.02. The second kappa shape index (κ2) is 7.83. The number of primary amides is 1. The summed E-state index contributed by atoms with van der Waals surface area (Å²) in [4.78, 5) is 23.1. The van der Waals surface area contributed by atoms with E-state index in [1.54, 1.807) is 19.1 Å². The topological polar surface area (TPSA) is 122 Å². The van der Waals surface area contributed by atoms with Gasteiger partial charge in [-0.1, -0.05) is 12.5 Å². The Balaban J connectivity index is 2.22. The molecule has 138 valence electrons. The summed E-state index contributed by atoms with van der Waals surface area (Å²) < 4.78 is 27.2. The number of rotatable bonds is 5. The molecule has 8 nitrogen and oxygen atoms in total. The number of hydrogen-bond donors (Lipinski definition) is 3. The maximum absolute atomic E-state index is 12.9. The molecule has 1 aromatic rings. The molecule has 25 heavy (non-hydrogen) atoms. The fourth-order valence-corrected chi connectivity index (χ4v) is 4.50. The highest BCUT2D eigenvalue weighted by Gasteiger charge is 2.27. The van der Waals surface area contributed by atoms with Crippen LogP contribution in [0.2, 0.25) is 0 Å². The predicted molar refractivity (Wildman–Crippen MR) is 94.6 cm³/mol. The summed E-state index contributed by atoms with van der Waals surface area (Å²) in [6, 6.07) is 3.09. The third-order valence-electron chi connectivity index (χ3n) is 4.14. The van der Waals surface area contributed by atoms with Gasteiger partial charge < -0.3 is 16.4 Å². The van der Waals surface area contributed by atoms with Crippen molar-refractivity contribution in [3.63, 3.8) is 0 Å². The van der Waals surface area contributed by atoms with Gasteiger partial charge in [0.05, 0.1) is 4.90 Å². The number of piperidine rings is 1. The number of carbonyl (C=O) groups excluding carboxylic acids is 2. The van der Waals surface area contributed by atoms with Gasteiger partial charge in [-0.2, -0.15) is 4.31 Å². The molecule has 0 bridgehead atoms. The second-order valence-electron chi connectivity index (χ2n) is 6.16. The minimum atomic E-state index is -3.60. The molecule has 9 heteroatoms. The third kappa shape index (κ3) is 4.70. The quantitative estimate of drug-likeness (QED) is 0.722. The predicted octanol–water partition coefficient (Wildman–Crippen LogP) is 1.16. The van der Waals surface area contributed by atoms with Crippen molar-refractivity contribution < 1.29 is 18.0 Å². The molecule has 0 saturated carbocycles. The first-order valence-electron chi connectivity index (χ1n) is 8.19. The Morgan fingerprint density at radius 1 is 1.20 bits per heavy atom. The van der Waals surface area contributed by atoms with Crippen molar-refractivity contribution in [2.45, 2.75) is 44.0 Å². The van der Waals surface area contributed by atoms with Crippen molar-refractivity contribution in [2.24, 2.45) is 5.73 Å². The molecule has 1 heterocycles. The lowest BCUT2D eigenvalue weighted by Gasteiger charge is -2.26. The molecule has 0 aliphatic carbocycles. The Morgan fingerprint density at radius 2 is 1.84 bits per heavy atom. The number of nitrogens with one attached hydrogen (secondary N) is 2. The number of benzene rings is 1. The molecule has 1 fully saturated rings. The molecule has 1 aromatic carbocycles. The van der Waals surface area contributed by atoms with Crippen LogP contribution in [-0.4, -0.2) is 43.8 Å². The minimum Gasteiger partial charge on any atom is -0.352 e. The molecule has 1 aliphatic rings. The van der Waals surface area contributed by atoms with E-state index in [0.29, 0.717) is 24.3 Å². The first-order chi connectivity index (χ1) is 11.7. The van der Waals surface area contributed by atoms with Crippen molar-refractivity contribution >= 4 is 27.6 Å². The van der Waals surface area contributed by atoms with Crippen LogP contribution in [0.15, 0.2) is 23.1 Å². The zero-order chi connectivity index (χ0) is 18.6.